The van der Waals surface area contributed by atoms with Crippen molar-refractivity contribution < 1.29 is 14.6 Å². The molecule has 0 bridgehead atoms. The first-order chi connectivity index (χ1) is 13.2. The summed E-state index contributed by atoms with van der Waals surface area (Å²) in [5.74, 6) is 6.69. The summed E-state index contributed by atoms with van der Waals surface area (Å²) in [6.45, 7) is 4.29. The number of aliphatic hydroxyl groups excluding tert-OH is 1. The zero-order chi connectivity index (χ0) is 19.1. The van der Waals surface area contributed by atoms with E-state index in [4.69, 9.17) is 9.47 Å². The predicted molar refractivity (Wildman–Crippen MR) is 115 cm³/mol. The maximum atomic E-state index is 9.61. The number of rotatable bonds is 7. The molecule has 27 heavy (non-hydrogen) atoms. The van der Waals surface area contributed by atoms with Crippen LogP contribution in [0.4, 0.5) is 0 Å². The van der Waals surface area contributed by atoms with E-state index in [1.54, 1.807) is 14.2 Å². The van der Waals surface area contributed by atoms with Gasteiger partial charge in [-0.25, -0.2) is 0 Å². The second-order valence-corrected chi connectivity index (χ2v) is 9.46. The average molecular weight is 413 g/mol. The molecule has 152 valence electrons. The van der Waals surface area contributed by atoms with Crippen LogP contribution in [0, 0.1) is 0 Å². The molecule has 7 heteroatoms. The van der Waals surface area contributed by atoms with Crippen LogP contribution in [0.3, 0.4) is 0 Å². The maximum Gasteiger partial charge on any atom is 0.122 e. The molecule has 5 nitrogen and oxygen atoms in total. The molecule has 2 fully saturated rings. The molecule has 0 radical (unpaired) electrons. The Morgan fingerprint density at radius 2 is 1.70 bits per heavy atom. The molecule has 0 saturated carbocycles. The topological polar surface area (TPSA) is 45.2 Å². The first-order valence-corrected chi connectivity index (χ1v) is 12.0. The summed E-state index contributed by atoms with van der Waals surface area (Å²) in [6.07, 6.45) is 0.824. The van der Waals surface area contributed by atoms with Gasteiger partial charge >= 0.3 is 0 Å². The average Bonchev–Trinajstić information content (AvgIpc) is 2.98. The third kappa shape index (κ3) is 5.94. The summed E-state index contributed by atoms with van der Waals surface area (Å²) >= 11 is 4.18. The number of hydrogen-bond acceptors (Lipinski definition) is 7. The molecule has 2 aliphatic heterocycles. The minimum absolute atomic E-state index is 0.241. The molecule has 1 aromatic rings. The van der Waals surface area contributed by atoms with Crippen LogP contribution < -0.4 is 9.47 Å². The first-order valence-electron chi connectivity index (χ1n) is 9.70. The highest BCUT2D eigenvalue weighted by atomic mass is 32.2. The molecule has 1 N–H and O–H groups in total. The summed E-state index contributed by atoms with van der Waals surface area (Å²) in [6, 6.07) is 7.14. The first kappa shape index (κ1) is 21.1. The van der Waals surface area contributed by atoms with Crippen molar-refractivity contribution in [1.29, 1.82) is 0 Å². The maximum absolute atomic E-state index is 9.61. The van der Waals surface area contributed by atoms with Gasteiger partial charge in [0.2, 0.25) is 0 Å². The smallest absolute Gasteiger partial charge is 0.122 e. The number of aliphatic hydroxyl groups is 1. The second kappa shape index (κ2) is 10.8. The second-order valence-electron chi connectivity index (χ2n) is 7.16. The molecular formula is C20H32N2O3S2. The van der Waals surface area contributed by atoms with Gasteiger partial charge in [0, 0.05) is 73.9 Å². The van der Waals surface area contributed by atoms with E-state index in [1.807, 2.05) is 6.07 Å². The van der Waals surface area contributed by atoms with Gasteiger partial charge < -0.3 is 14.6 Å². The molecule has 1 atom stereocenters. The van der Waals surface area contributed by atoms with Crippen LogP contribution in [-0.4, -0.2) is 90.5 Å². The molecule has 3 rings (SSSR count). The fourth-order valence-electron chi connectivity index (χ4n) is 3.89. The van der Waals surface area contributed by atoms with Gasteiger partial charge in [0.25, 0.3) is 0 Å². The summed E-state index contributed by atoms with van der Waals surface area (Å²) in [5.41, 5.74) is 1.20. The number of methoxy groups -OCH3 is 2. The van der Waals surface area contributed by atoms with Gasteiger partial charge in [-0.15, -0.1) is 0 Å². The minimum atomic E-state index is 0.241. The zero-order valence-corrected chi connectivity index (χ0v) is 18.1. The van der Waals surface area contributed by atoms with Crippen LogP contribution in [0.25, 0.3) is 0 Å². The summed E-state index contributed by atoms with van der Waals surface area (Å²) in [5, 5.41) is 9.61. The van der Waals surface area contributed by atoms with Gasteiger partial charge in [-0.05, 0) is 24.1 Å². The standard InChI is InChI=1S/C20H32N2O3S2/c1-24-19-9-16(10-20(11-19)25-2)12-21-4-5-22(13-17(21)3-6-23)18-14-26-7-8-27-15-18/h9-11,17-18,23H,3-8,12-15H2,1-2H3/t17-/m1/s1. The van der Waals surface area contributed by atoms with Crippen LogP contribution in [-0.2, 0) is 6.54 Å². The Kier molecular flexibility index (Phi) is 8.46. The van der Waals surface area contributed by atoms with E-state index < -0.39 is 0 Å². The van der Waals surface area contributed by atoms with Gasteiger partial charge in [0.05, 0.1) is 14.2 Å². The number of nitrogens with zero attached hydrogens (tertiary/aromatic N) is 2. The quantitative estimate of drug-likeness (QED) is 0.738. The van der Waals surface area contributed by atoms with Crippen molar-refractivity contribution in [2.24, 2.45) is 0 Å². The molecule has 2 aliphatic rings. The lowest BCUT2D eigenvalue weighted by molar-refractivity contribution is 0.0407. The Labute approximate surface area is 171 Å². The van der Waals surface area contributed by atoms with E-state index in [0.717, 1.165) is 44.1 Å². The fourth-order valence-corrected chi connectivity index (χ4v) is 6.51. The molecule has 0 aliphatic carbocycles. The Hall–Kier alpha value is -0.600. The lowest BCUT2D eigenvalue weighted by Gasteiger charge is -2.44. The molecular weight excluding hydrogens is 380 g/mol. The molecule has 0 amide bonds. The van der Waals surface area contributed by atoms with E-state index in [1.165, 1.54) is 28.6 Å². The van der Waals surface area contributed by atoms with Gasteiger partial charge in [-0.2, -0.15) is 23.5 Å². The Morgan fingerprint density at radius 1 is 1.04 bits per heavy atom. The number of thioether (sulfide) groups is 2. The van der Waals surface area contributed by atoms with Gasteiger partial charge in [0.1, 0.15) is 11.5 Å². The number of ether oxygens (including phenoxy) is 2. The van der Waals surface area contributed by atoms with Crippen molar-refractivity contribution >= 4 is 23.5 Å². The van der Waals surface area contributed by atoms with Crippen LogP contribution in [0.5, 0.6) is 11.5 Å². The van der Waals surface area contributed by atoms with Crippen LogP contribution in [0.1, 0.15) is 12.0 Å². The molecule has 1 aromatic carbocycles. The molecule has 2 heterocycles. The van der Waals surface area contributed by atoms with E-state index in [9.17, 15) is 5.11 Å². The van der Waals surface area contributed by atoms with Crippen molar-refractivity contribution in [2.75, 3.05) is 63.5 Å². The highest BCUT2D eigenvalue weighted by Gasteiger charge is 2.31. The van der Waals surface area contributed by atoms with Crippen molar-refractivity contribution in [2.45, 2.75) is 25.0 Å². The fraction of sp³-hybridized carbons (Fsp3) is 0.700. The van der Waals surface area contributed by atoms with Crippen LogP contribution in [0.2, 0.25) is 0 Å². The summed E-state index contributed by atoms with van der Waals surface area (Å²) < 4.78 is 10.8. The Morgan fingerprint density at radius 3 is 2.30 bits per heavy atom. The zero-order valence-electron chi connectivity index (χ0n) is 16.4. The van der Waals surface area contributed by atoms with E-state index in [2.05, 4.69) is 45.5 Å². The normalized spacial score (nSPS) is 23.1. The molecule has 0 spiro atoms. The van der Waals surface area contributed by atoms with Crippen molar-refractivity contribution in [1.82, 2.24) is 9.80 Å². The largest absolute Gasteiger partial charge is 0.497 e. The highest BCUT2D eigenvalue weighted by Crippen LogP contribution is 2.27. The number of benzene rings is 1. The summed E-state index contributed by atoms with van der Waals surface area (Å²) in [4.78, 5) is 5.17. The van der Waals surface area contributed by atoms with Gasteiger partial charge in [0.15, 0.2) is 0 Å². The van der Waals surface area contributed by atoms with Crippen LogP contribution in [0.15, 0.2) is 18.2 Å². The van der Waals surface area contributed by atoms with E-state index in [-0.39, 0.29) is 6.61 Å². The molecule has 0 aromatic heterocycles. The summed E-state index contributed by atoms with van der Waals surface area (Å²) in [7, 11) is 3.38. The highest BCUT2D eigenvalue weighted by molar-refractivity contribution is 8.03. The molecule has 2 saturated heterocycles. The van der Waals surface area contributed by atoms with Crippen molar-refractivity contribution in [3.8, 4) is 11.5 Å². The van der Waals surface area contributed by atoms with Gasteiger partial charge in [-0.1, -0.05) is 0 Å². The third-order valence-corrected chi connectivity index (χ3v) is 7.89. The Balaban J connectivity index is 1.67. The Bertz CT molecular complexity index is 560. The van der Waals surface area contributed by atoms with Crippen molar-refractivity contribution in [3.63, 3.8) is 0 Å². The predicted octanol–water partition coefficient (Wildman–Crippen LogP) is 2.42. The van der Waals surface area contributed by atoms with E-state index >= 15 is 0 Å². The van der Waals surface area contributed by atoms with E-state index in [0.29, 0.717) is 12.1 Å². The van der Waals surface area contributed by atoms with Gasteiger partial charge in [-0.3, -0.25) is 9.80 Å². The lowest BCUT2D eigenvalue weighted by atomic mass is 10.1. The minimum Gasteiger partial charge on any atom is -0.497 e. The SMILES string of the molecule is COc1cc(CN2CCN(C3CSCCSC3)C[C@H]2CCO)cc(OC)c1. The third-order valence-electron chi connectivity index (χ3n) is 5.40. The van der Waals surface area contributed by atoms with Crippen molar-refractivity contribution in [3.05, 3.63) is 23.8 Å². The number of hydrogen-bond donors (Lipinski definition) is 1. The lowest BCUT2D eigenvalue weighted by Crippen LogP contribution is -2.56. The monoisotopic (exact) mass is 412 g/mol. The molecule has 0 unspecified atom stereocenters. The number of piperazine rings is 1. The van der Waals surface area contributed by atoms with Crippen LogP contribution >= 0.6 is 23.5 Å².